The lowest BCUT2D eigenvalue weighted by Gasteiger charge is -2.30. The zero-order valence-electron chi connectivity index (χ0n) is 20.2. The van der Waals surface area contributed by atoms with Gasteiger partial charge in [-0.1, -0.05) is 68.3 Å². The van der Waals surface area contributed by atoms with Gasteiger partial charge in [-0.25, -0.2) is 4.79 Å². The van der Waals surface area contributed by atoms with Crippen molar-refractivity contribution in [3.63, 3.8) is 0 Å². The van der Waals surface area contributed by atoms with Crippen LogP contribution in [0.15, 0.2) is 48.5 Å². The highest BCUT2D eigenvalue weighted by Gasteiger charge is 2.38. The van der Waals surface area contributed by atoms with Crippen molar-refractivity contribution < 1.29 is 24.2 Å². The van der Waals surface area contributed by atoms with Gasteiger partial charge < -0.3 is 20.5 Å². The van der Waals surface area contributed by atoms with E-state index in [1.54, 1.807) is 0 Å². The molecule has 0 spiro atoms. The third-order valence-electron chi connectivity index (χ3n) is 7.27. The van der Waals surface area contributed by atoms with E-state index in [2.05, 4.69) is 34.9 Å². The van der Waals surface area contributed by atoms with Crippen LogP contribution in [0.4, 0.5) is 4.79 Å². The van der Waals surface area contributed by atoms with Crippen molar-refractivity contribution in [1.29, 1.82) is 0 Å². The van der Waals surface area contributed by atoms with E-state index in [9.17, 15) is 14.4 Å². The fourth-order valence-corrected chi connectivity index (χ4v) is 5.38. The predicted molar refractivity (Wildman–Crippen MR) is 133 cm³/mol. The van der Waals surface area contributed by atoms with Crippen molar-refractivity contribution >= 4 is 18.0 Å². The van der Waals surface area contributed by atoms with Crippen LogP contribution in [0.2, 0.25) is 0 Å². The monoisotopic (exact) mass is 478 g/mol. The standard InChI is InChI=1S/C28H34N2O5/c1-19(12-13-26(32)33)17-29-25(31)16-28(14-6-7-15-28)30-27(34)35-18-24-22-10-4-2-8-20(22)21-9-3-5-11-23(21)24/h2-5,8-11,19,24H,6-7,12-18H2,1H3,(H,29,31)(H,30,34)(H,32,33). The number of hydrogen-bond acceptors (Lipinski definition) is 4. The Morgan fingerprint density at radius 2 is 1.63 bits per heavy atom. The van der Waals surface area contributed by atoms with Gasteiger partial charge in [0.25, 0.3) is 0 Å². The Hall–Kier alpha value is -3.35. The van der Waals surface area contributed by atoms with Crippen molar-refractivity contribution in [2.24, 2.45) is 5.92 Å². The number of ether oxygens (including phenoxy) is 1. The number of nitrogens with one attached hydrogen (secondary N) is 2. The molecule has 35 heavy (non-hydrogen) atoms. The molecule has 2 aromatic rings. The summed E-state index contributed by atoms with van der Waals surface area (Å²) in [5.41, 5.74) is 4.08. The number of benzene rings is 2. The molecule has 0 heterocycles. The van der Waals surface area contributed by atoms with Crippen LogP contribution in [-0.2, 0) is 14.3 Å². The van der Waals surface area contributed by atoms with Crippen LogP contribution in [0.25, 0.3) is 11.1 Å². The largest absolute Gasteiger partial charge is 0.481 e. The van der Waals surface area contributed by atoms with E-state index >= 15 is 0 Å². The number of carboxylic acid groups (broad SMARTS) is 1. The number of amides is 2. The van der Waals surface area contributed by atoms with E-state index < -0.39 is 17.6 Å². The second-order valence-electron chi connectivity index (χ2n) is 9.96. The van der Waals surface area contributed by atoms with Crippen LogP contribution in [-0.4, -0.2) is 41.8 Å². The number of hydrogen-bond donors (Lipinski definition) is 3. The molecule has 0 saturated heterocycles. The molecule has 7 heteroatoms. The van der Waals surface area contributed by atoms with Crippen LogP contribution >= 0.6 is 0 Å². The van der Waals surface area contributed by atoms with Crippen molar-refractivity contribution in [1.82, 2.24) is 10.6 Å². The molecule has 0 bridgehead atoms. The first-order chi connectivity index (χ1) is 16.9. The minimum absolute atomic E-state index is 0.0109. The van der Waals surface area contributed by atoms with Crippen molar-refractivity contribution in [3.8, 4) is 11.1 Å². The van der Waals surface area contributed by atoms with E-state index in [0.717, 1.165) is 36.8 Å². The summed E-state index contributed by atoms with van der Waals surface area (Å²) in [6, 6.07) is 16.4. The molecule has 2 aromatic carbocycles. The minimum Gasteiger partial charge on any atom is -0.481 e. The maximum absolute atomic E-state index is 12.9. The first kappa shape index (κ1) is 24.8. The van der Waals surface area contributed by atoms with Gasteiger partial charge in [-0.3, -0.25) is 9.59 Å². The Morgan fingerprint density at radius 3 is 2.23 bits per heavy atom. The molecule has 1 saturated carbocycles. The zero-order chi connectivity index (χ0) is 24.8. The molecule has 3 N–H and O–H groups in total. The number of aliphatic carboxylic acids is 1. The average molecular weight is 479 g/mol. The van der Waals surface area contributed by atoms with Gasteiger partial charge in [-0.05, 0) is 47.4 Å². The Bertz CT molecular complexity index is 1030. The second-order valence-corrected chi connectivity index (χ2v) is 9.96. The third kappa shape index (κ3) is 6.02. The lowest BCUT2D eigenvalue weighted by molar-refractivity contribution is -0.137. The summed E-state index contributed by atoms with van der Waals surface area (Å²) in [4.78, 5) is 36.2. The van der Waals surface area contributed by atoms with Crippen LogP contribution in [0.3, 0.4) is 0 Å². The lowest BCUT2D eigenvalue weighted by Crippen LogP contribution is -2.50. The second kappa shape index (κ2) is 10.9. The predicted octanol–water partition coefficient (Wildman–Crippen LogP) is 4.85. The molecule has 0 aromatic heterocycles. The molecule has 7 nitrogen and oxygen atoms in total. The SMILES string of the molecule is CC(CCC(=O)O)CNC(=O)CC1(NC(=O)OCC2c3ccccc3-c3ccccc32)CCCC1. The Labute approximate surface area is 206 Å². The van der Waals surface area contributed by atoms with Crippen molar-refractivity contribution in [2.75, 3.05) is 13.2 Å². The highest BCUT2D eigenvalue weighted by Crippen LogP contribution is 2.44. The fraction of sp³-hybridized carbons (Fsp3) is 0.464. The molecule has 1 atom stereocenters. The molecule has 0 aliphatic heterocycles. The number of fused-ring (bicyclic) bond motifs is 3. The van der Waals surface area contributed by atoms with Crippen molar-refractivity contribution in [2.45, 2.75) is 63.3 Å². The van der Waals surface area contributed by atoms with Gasteiger partial charge >= 0.3 is 12.1 Å². The highest BCUT2D eigenvalue weighted by molar-refractivity contribution is 5.80. The summed E-state index contributed by atoms with van der Waals surface area (Å²) in [6.45, 7) is 2.58. The molecule has 2 aliphatic rings. The van der Waals surface area contributed by atoms with E-state index in [-0.39, 0.29) is 37.2 Å². The third-order valence-corrected chi connectivity index (χ3v) is 7.27. The molecule has 0 radical (unpaired) electrons. The molecular weight excluding hydrogens is 444 g/mol. The molecule has 4 rings (SSSR count). The molecule has 2 aliphatic carbocycles. The summed E-state index contributed by atoms with van der Waals surface area (Å²) in [5, 5.41) is 14.7. The molecule has 2 amide bonds. The van der Waals surface area contributed by atoms with E-state index in [4.69, 9.17) is 9.84 Å². The topological polar surface area (TPSA) is 105 Å². The lowest BCUT2D eigenvalue weighted by atomic mass is 9.92. The maximum Gasteiger partial charge on any atom is 0.407 e. The van der Waals surface area contributed by atoms with Crippen LogP contribution in [0.1, 0.15) is 68.9 Å². The minimum atomic E-state index is -0.833. The Kier molecular flexibility index (Phi) is 7.73. The summed E-state index contributed by atoms with van der Waals surface area (Å²) < 4.78 is 5.72. The first-order valence-electron chi connectivity index (χ1n) is 12.5. The van der Waals surface area contributed by atoms with Crippen LogP contribution in [0.5, 0.6) is 0 Å². The summed E-state index contributed by atoms with van der Waals surface area (Å²) in [5.74, 6) is -0.902. The number of carbonyl (C=O) groups excluding carboxylic acids is 2. The quantitative estimate of drug-likeness (QED) is 0.453. The van der Waals surface area contributed by atoms with Gasteiger partial charge in [0.05, 0.1) is 5.54 Å². The number of carboxylic acids is 1. The van der Waals surface area contributed by atoms with E-state index in [1.807, 2.05) is 31.2 Å². The van der Waals surface area contributed by atoms with E-state index in [1.165, 1.54) is 11.1 Å². The van der Waals surface area contributed by atoms with Gasteiger partial charge in [-0.15, -0.1) is 0 Å². The van der Waals surface area contributed by atoms with Crippen molar-refractivity contribution in [3.05, 3.63) is 59.7 Å². The smallest absolute Gasteiger partial charge is 0.407 e. The molecule has 186 valence electrons. The highest BCUT2D eigenvalue weighted by atomic mass is 16.5. The van der Waals surface area contributed by atoms with Gasteiger partial charge in [0.1, 0.15) is 6.61 Å². The van der Waals surface area contributed by atoms with Gasteiger partial charge in [0, 0.05) is 25.3 Å². The summed E-state index contributed by atoms with van der Waals surface area (Å²) in [7, 11) is 0. The van der Waals surface area contributed by atoms with E-state index in [0.29, 0.717) is 13.0 Å². The fourth-order valence-electron chi connectivity index (χ4n) is 5.38. The summed E-state index contributed by atoms with van der Waals surface area (Å²) >= 11 is 0. The van der Waals surface area contributed by atoms with Gasteiger partial charge in [-0.2, -0.15) is 0 Å². The summed E-state index contributed by atoms with van der Waals surface area (Å²) in [6.07, 6.45) is 3.68. The number of carbonyl (C=O) groups is 3. The van der Waals surface area contributed by atoms with Crippen LogP contribution < -0.4 is 10.6 Å². The molecule has 1 fully saturated rings. The number of rotatable bonds is 10. The number of alkyl carbamates (subject to hydrolysis) is 1. The normalized spacial score (nSPS) is 16.7. The zero-order valence-corrected chi connectivity index (χ0v) is 20.2. The average Bonchev–Trinajstić information content (AvgIpc) is 3.42. The van der Waals surface area contributed by atoms with Gasteiger partial charge in [0.15, 0.2) is 0 Å². The maximum atomic E-state index is 12.9. The molecular formula is C28H34N2O5. The van der Waals surface area contributed by atoms with Crippen LogP contribution in [0, 0.1) is 5.92 Å². The Balaban J connectivity index is 1.32. The molecule has 1 unspecified atom stereocenters. The first-order valence-corrected chi connectivity index (χ1v) is 12.5. The Morgan fingerprint density at radius 1 is 1.03 bits per heavy atom. The van der Waals surface area contributed by atoms with Gasteiger partial charge in [0.2, 0.25) is 5.91 Å².